The van der Waals surface area contributed by atoms with E-state index in [0.717, 1.165) is 0 Å². The van der Waals surface area contributed by atoms with E-state index < -0.39 is 29.0 Å². The third-order valence-corrected chi connectivity index (χ3v) is 4.61. The van der Waals surface area contributed by atoms with Crippen molar-refractivity contribution in [2.75, 3.05) is 6.61 Å². The first-order chi connectivity index (χ1) is 13.6. The van der Waals surface area contributed by atoms with E-state index in [1.807, 2.05) is 0 Å². The summed E-state index contributed by atoms with van der Waals surface area (Å²) in [6.07, 6.45) is 0.883. The minimum absolute atomic E-state index is 0.0454. The quantitative estimate of drug-likeness (QED) is 0.224. The summed E-state index contributed by atoms with van der Waals surface area (Å²) in [5, 5.41) is 30.3. The van der Waals surface area contributed by atoms with Crippen LogP contribution in [0.15, 0.2) is 24.3 Å². The average Bonchev–Trinajstić information content (AvgIpc) is 2.66. The smallest absolute Gasteiger partial charge is 0.267 e. The monoisotopic (exact) mass is 399 g/mol. The lowest BCUT2D eigenvalue weighted by Crippen LogP contribution is -2.61. The van der Waals surface area contributed by atoms with E-state index in [9.17, 15) is 14.7 Å². The van der Waals surface area contributed by atoms with Crippen LogP contribution in [0.3, 0.4) is 0 Å². The molecule has 1 aromatic carbocycles. The van der Waals surface area contributed by atoms with Crippen LogP contribution in [0, 0.1) is 29.6 Å². The van der Waals surface area contributed by atoms with Crippen molar-refractivity contribution in [2.24, 2.45) is 11.7 Å². The topological polar surface area (TPSA) is 145 Å². The van der Waals surface area contributed by atoms with Gasteiger partial charge in [-0.05, 0) is 68.7 Å². The Labute approximate surface area is 169 Å². The molecule has 0 radical (unpaired) electrons. The summed E-state index contributed by atoms with van der Waals surface area (Å²) in [6.45, 7) is 3.15. The molecule has 2 amide bonds. The largest absolute Gasteiger partial charge is 0.396 e. The molecule has 0 bridgehead atoms. The Morgan fingerprint density at radius 3 is 2.41 bits per heavy atom. The van der Waals surface area contributed by atoms with Gasteiger partial charge in [0, 0.05) is 23.3 Å². The first kappa shape index (κ1) is 22.4. The van der Waals surface area contributed by atoms with Crippen LogP contribution in [0.2, 0.25) is 0 Å². The van der Waals surface area contributed by atoms with Gasteiger partial charge in [0.2, 0.25) is 0 Å². The van der Waals surface area contributed by atoms with Gasteiger partial charge in [0.1, 0.15) is 11.6 Å². The van der Waals surface area contributed by atoms with Gasteiger partial charge in [0.05, 0.1) is 0 Å². The van der Waals surface area contributed by atoms with Gasteiger partial charge in [0.15, 0.2) is 0 Å². The van der Waals surface area contributed by atoms with E-state index in [0.29, 0.717) is 24.0 Å². The molecule has 154 valence electrons. The molecule has 0 spiro atoms. The highest BCUT2D eigenvalue weighted by Gasteiger charge is 2.40. The first-order valence-electron chi connectivity index (χ1n) is 9.08. The van der Waals surface area contributed by atoms with Crippen LogP contribution in [0.4, 0.5) is 0 Å². The van der Waals surface area contributed by atoms with Crippen LogP contribution >= 0.6 is 0 Å². The Hall–Kier alpha value is -2.88. The molecule has 29 heavy (non-hydrogen) atoms. The van der Waals surface area contributed by atoms with Gasteiger partial charge in [-0.1, -0.05) is 11.8 Å². The van der Waals surface area contributed by atoms with Crippen molar-refractivity contribution < 1.29 is 25.0 Å². The zero-order chi connectivity index (χ0) is 21.7. The molecule has 1 atom stereocenters. The molecular weight excluding hydrogens is 374 g/mol. The second-order valence-corrected chi connectivity index (χ2v) is 7.77. The number of nitrogens with two attached hydrogens (primary N) is 1. The van der Waals surface area contributed by atoms with Crippen molar-refractivity contribution in [1.82, 2.24) is 10.8 Å². The Balaban J connectivity index is 2.00. The highest BCUT2D eigenvalue weighted by molar-refractivity contribution is 5.97. The summed E-state index contributed by atoms with van der Waals surface area (Å²) < 4.78 is 0. The molecule has 7 N–H and O–H groups in total. The molecule has 1 aliphatic rings. The van der Waals surface area contributed by atoms with E-state index in [1.54, 1.807) is 26.0 Å². The van der Waals surface area contributed by atoms with E-state index in [1.165, 1.54) is 17.6 Å². The number of nitrogens with one attached hydrogen (secondary N) is 2. The Bertz CT molecular complexity index is 875. The van der Waals surface area contributed by atoms with Gasteiger partial charge < -0.3 is 21.3 Å². The van der Waals surface area contributed by atoms with E-state index in [2.05, 4.69) is 29.0 Å². The van der Waals surface area contributed by atoms with E-state index in [4.69, 9.17) is 16.0 Å². The first-order valence-corrected chi connectivity index (χ1v) is 9.08. The maximum absolute atomic E-state index is 12.4. The van der Waals surface area contributed by atoms with Gasteiger partial charge in [-0.15, -0.1) is 0 Å². The molecule has 0 unspecified atom stereocenters. The van der Waals surface area contributed by atoms with Crippen LogP contribution in [-0.2, 0) is 4.79 Å². The van der Waals surface area contributed by atoms with Crippen LogP contribution < -0.4 is 16.5 Å². The maximum Gasteiger partial charge on any atom is 0.267 e. The highest BCUT2D eigenvalue weighted by Crippen LogP contribution is 2.36. The number of aliphatic hydroxyl groups is 2. The fraction of sp³-hybridized carbons (Fsp3) is 0.429. The predicted molar refractivity (Wildman–Crippen MR) is 105 cm³/mol. The number of carbonyl (C=O) groups is 2. The molecule has 1 saturated carbocycles. The SMILES string of the molecule is CC(C)(N)[C@H](NC(=O)c1ccc(C#CC#C[C@]2(O)C[C@@H](CO)C2)cc1)C(=O)NO. The van der Waals surface area contributed by atoms with Gasteiger partial charge in [-0.3, -0.25) is 14.8 Å². The average molecular weight is 399 g/mol. The van der Waals surface area contributed by atoms with Gasteiger partial charge in [-0.2, -0.15) is 0 Å². The third kappa shape index (κ3) is 6.05. The van der Waals surface area contributed by atoms with Crippen molar-refractivity contribution in [3.8, 4) is 23.7 Å². The van der Waals surface area contributed by atoms with Crippen molar-refractivity contribution in [1.29, 1.82) is 0 Å². The number of hydroxylamine groups is 1. The Morgan fingerprint density at radius 1 is 1.28 bits per heavy atom. The lowest BCUT2D eigenvalue weighted by atomic mass is 9.72. The number of amides is 2. The molecule has 0 aliphatic heterocycles. The summed E-state index contributed by atoms with van der Waals surface area (Å²) in [7, 11) is 0. The highest BCUT2D eigenvalue weighted by atomic mass is 16.5. The van der Waals surface area contributed by atoms with Crippen molar-refractivity contribution in [3.05, 3.63) is 35.4 Å². The standard InChI is InChI=1S/C21H25N3O5/c1-20(2,22)17(19(27)24-29)23-18(26)16-8-6-14(7-9-16)5-3-4-10-21(28)11-15(12-21)13-25/h6-9,15,17,25,28-29H,11-13,22H2,1-2H3,(H,23,26)(H,24,27)/t15-,17-,21+/m1/s1. The second kappa shape index (κ2) is 9.08. The number of benzene rings is 1. The Kier molecular flexibility index (Phi) is 7.02. The molecule has 1 aliphatic carbocycles. The molecule has 8 heteroatoms. The van der Waals surface area contributed by atoms with Crippen LogP contribution in [-0.4, -0.2) is 51.0 Å². The normalized spacial score (nSPS) is 21.4. The van der Waals surface area contributed by atoms with Crippen LogP contribution in [0.5, 0.6) is 0 Å². The van der Waals surface area contributed by atoms with Gasteiger partial charge >= 0.3 is 0 Å². The zero-order valence-electron chi connectivity index (χ0n) is 16.3. The summed E-state index contributed by atoms with van der Waals surface area (Å²) in [5.74, 6) is 9.53. The molecule has 0 saturated heterocycles. The molecule has 0 heterocycles. The Morgan fingerprint density at radius 2 is 1.90 bits per heavy atom. The predicted octanol–water partition coefficient (Wildman–Crippen LogP) is -0.484. The lowest BCUT2D eigenvalue weighted by molar-refractivity contribution is -0.132. The van der Waals surface area contributed by atoms with E-state index in [-0.39, 0.29) is 12.5 Å². The van der Waals surface area contributed by atoms with Gasteiger partial charge in [0.25, 0.3) is 11.8 Å². The number of rotatable bonds is 5. The van der Waals surface area contributed by atoms with Gasteiger partial charge in [-0.25, -0.2) is 5.48 Å². The number of aliphatic hydroxyl groups excluding tert-OH is 1. The molecular formula is C21H25N3O5. The van der Waals surface area contributed by atoms with Crippen molar-refractivity contribution in [3.63, 3.8) is 0 Å². The summed E-state index contributed by atoms with van der Waals surface area (Å²) >= 11 is 0. The fourth-order valence-electron chi connectivity index (χ4n) is 2.95. The molecule has 0 aromatic heterocycles. The molecule has 1 aromatic rings. The summed E-state index contributed by atoms with van der Waals surface area (Å²) in [4.78, 5) is 24.1. The minimum atomic E-state index is -1.13. The van der Waals surface area contributed by atoms with Crippen molar-refractivity contribution >= 4 is 11.8 Å². The number of hydrogen-bond donors (Lipinski definition) is 6. The maximum atomic E-state index is 12.4. The van der Waals surface area contributed by atoms with E-state index >= 15 is 0 Å². The van der Waals surface area contributed by atoms with Crippen molar-refractivity contribution in [2.45, 2.75) is 43.9 Å². The molecule has 1 fully saturated rings. The number of hydrogen-bond acceptors (Lipinski definition) is 6. The second-order valence-electron chi connectivity index (χ2n) is 7.77. The fourth-order valence-corrected chi connectivity index (χ4v) is 2.95. The summed E-state index contributed by atoms with van der Waals surface area (Å²) in [5.41, 5.74) is 6.13. The van der Waals surface area contributed by atoms with Crippen LogP contribution in [0.25, 0.3) is 0 Å². The minimum Gasteiger partial charge on any atom is -0.396 e. The lowest BCUT2D eigenvalue weighted by Gasteiger charge is -2.38. The summed E-state index contributed by atoms with van der Waals surface area (Å²) in [6, 6.07) is 5.19. The molecule has 8 nitrogen and oxygen atoms in total. The molecule has 2 rings (SSSR count). The number of carbonyl (C=O) groups excluding carboxylic acids is 2. The van der Waals surface area contributed by atoms with Crippen LogP contribution in [0.1, 0.15) is 42.6 Å². The third-order valence-electron chi connectivity index (χ3n) is 4.61. The zero-order valence-corrected chi connectivity index (χ0v) is 16.3.